The molecule has 0 aromatic rings. The maximum Gasteiger partial charge on any atom is 0.414 e. The molecule has 2 fully saturated rings. The molecule has 12 heteroatoms. The molecule has 2 heterocycles. The number of carbonyl (C=O) groups is 3. The number of nitrogens with zero attached hydrogens (tertiary/aromatic N) is 3. The van der Waals surface area contributed by atoms with E-state index in [4.69, 9.17) is 24.5 Å². The van der Waals surface area contributed by atoms with Crippen LogP contribution in [-0.2, 0) is 24.3 Å². The first-order valence-corrected chi connectivity index (χ1v) is 10.8. The van der Waals surface area contributed by atoms with E-state index in [-0.39, 0.29) is 11.8 Å². The molecule has 11 nitrogen and oxygen atoms in total. The average Bonchev–Trinajstić information content (AvgIpc) is 2.69. The number of rotatable bonds is 4. The molecule has 0 bridgehead atoms. The van der Waals surface area contributed by atoms with Crippen LogP contribution in [0.4, 0.5) is 4.79 Å². The van der Waals surface area contributed by atoms with Crippen molar-refractivity contribution in [3.8, 4) is 0 Å². The minimum Gasteiger partial charge on any atom is -0.473 e. The number of sulfonamides is 1. The van der Waals surface area contributed by atoms with Crippen molar-refractivity contribution in [3.05, 3.63) is 0 Å². The van der Waals surface area contributed by atoms with Crippen molar-refractivity contribution >= 4 is 28.1 Å². The number of likely N-dealkylation sites (tertiary alicyclic amines) is 1. The van der Waals surface area contributed by atoms with Gasteiger partial charge >= 0.3 is 18.0 Å². The predicted octanol–water partition coefficient (Wildman–Crippen LogP) is -0.270. The molecule has 0 saturated carbocycles. The summed E-state index contributed by atoms with van der Waals surface area (Å²) in [5, 5.41) is 14.8. The molecule has 1 amide bonds. The third-order valence-corrected chi connectivity index (χ3v) is 6.60. The SMILES string of the molecule is CCOC(=O)N1CCC(N2CCN(S(=O)(=O)CC)CC2)CC1.O=C(O)C(=O)O. The largest absolute Gasteiger partial charge is 0.473 e. The Bertz CT molecular complexity index is 626. The topological polar surface area (TPSA) is 145 Å². The molecule has 0 spiro atoms. The van der Waals surface area contributed by atoms with E-state index in [9.17, 15) is 13.2 Å². The third-order valence-electron chi connectivity index (χ3n) is 4.72. The molecule has 2 aliphatic rings. The fourth-order valence-corrected chi connectivity index (χ4v) is 4.24. The molecule has 0 unspecified atom stereocenters. The molecule has 2 N–H and O–H groups in total. The Balaban J connectivity index is 0.000000568. The summed E-state index contributed by atoms with van der Waals surface area (Å²) in [5.41, 5.74) is 0. The number of carboxylic acids is 2. The summed E-state index contributed by atoms with van der Waals surface area (Å²) in [6, 6.07) is 0.442. The van der Waals surface area contributed by atoms with Crippen LogP contribution in [-0.4, -0.2) is 108 Å². The summed E-state index contributed by atoms with van der Waals surface area (Å²) in [7, 11) is -3.06. The van der Waals surface area contributed by atoms with Crippen molar-refractivity contribution in [2.75, 3.05) is 51.6 Å². The number of hydrogen-bond acceptors (Lipinski definition) is 7. The van der Waals surface area contributed by atoms with Crippen molar-refractivity contribution < 1.29 is 37.8 Å². The maximum atomic E-state index is 11.9. The van der Waals surface area contributed by atoms with Gasteiger partial charge < -0.3 is 19.8 Å². The van der Waals surface area contributed by atoms with Crippen LogP contribution in [0, 0.1) is 0 Å². The van der Waals surface area contributed by atoms with E-state index >= 15 is 0 Å². The Morgan fingerprint density at radius 3 is 1.82 bits per heavy atom. The summed E-state index contributed by atoms with van der Waals surface area (Å²) < 4.78 is 30.4. The zero-order chi connectivity index (χ0) is 21.3. The molecule has 28 heavy (non-hydrogen) atoms. The van der Waals surface area contributed by atoms with Crippen molar-refractivity contribution in [2.24, 2.45) is 0 Å². The van der Waals surface area contributed by atoms with Crippen molar-refractivity contribution in [3.63, 3.8) is 0 Å². The molecular weight excluding hydrogens is 394 g/mol. The third kappa shape index (κ3) is 7.24. The van der Waals surface area contributed by atoms with Crippen LogP contribution < -0.4 is 0 Å². The van der Waals surface area contributed by atoms with Crippen LogP contribution in [0.3, 0.4) is 0 Å². The van der Waals surface area contributed by atoms with Gasteiger partial charge in [-0.2, -0.15) is 4.31 Å². The van der Waals surface area contributed by atoms with E-state index in [0.717, 1.165) is 39.0 Å². The van der Waals surface area contributed by atoms with Gasteiger partial charge in [-0.1, -0.05) is 0 Å². The highest BCUT2D eigenvalue weighted by Gasteiger charge is 2.31. The van der Waals surface area contributed by atoms with Crippen LogP contribution in [0.15, 0.2) is 0 Å². The van der Waals surface area contributed by atoms with Crippen LogP contribution in [0.5, 0.6) is 0 Å². The quantitative estimate of drug-likeness (QED) is 0.584. The van der Waals surface area contributed by atoms with Gasteiger partial charge in [-0.3, -0.25) is 4.90 Å². The molecule has 0 aromatic heterocycles. The monoisotopic (exact) mass is 423 g/mol. The summed E-state index contributed by atoms with van der Waals surface area (Å²) in [6.07, 6.45) is 1.64. The van der Waals surface area contributed by atoms with Gasteiger partial charge in [-0.15, -0.1) is 0 Å². The Kier molecular flexibility index (Phi) is 9.62. The smallest absolute Gasteiger partial charge is 0.414 e. The molecule has 0 radical (unpaired) electrons. The van der Waals surface area contributed by atoms with E-state index in [0.29, 0.717) is 25.7 Å². The van der Waals surface area contributed by atoms with E-state index in [1.165, 1.54) is 0 Å². The Hall–Kier alpha value is -1.92. The average molecular weight is 423 g/mol. The van der Waals surface area contributed by atoms with Gasteiger partial charge in [0.25, 0.3) is 0 Å². The van der Waals surface area contributed by atoms with Gasteiger partial charge in [0.05, 0.1) is 12.4 Å². The summed E-state index contributed by atoms with van der Waals surface area (Å²) in [4.78, 5) is 34.0. The number of amides is 1. The first-order chi connectivity index (χ1) is 13.1. The molecule has 2 rings (SSSR count). The second-order valence-electron chi connectivity index (χ2n) is 6.36. The number of piperazine rings is 1. The fourth-order valence-electron chi connectivity index (χ4n) is 3.16. The van der Waals surface area contributed by atoms with Gasteiger partial charge in [0.2, 0.25) is 10.0 Å². The minimum atomic E-state index is -3.06. The van der Waals surface area contributed by atoms with Crippen LogP contribution in [0.1, 0.15) is 26.7 Å². The van der Waals surface area contributed by atoms with Crippen LogP contribution in [0.25, 0.3) is 0 Å². The summed E-state index contributed by atoms with van der Waals surface area (Å²) in [5.74, 6) is -3.48. The van der Waals surface area contributed by atoms with Crippen LogP contribution in [0.2, 0.25) is 0 Å². The van der Waals surface area contributed by atoms with Gasteiger partial charge in [-0.25, -0.2) is 22.8 Å². The first-order valence-electron chi connectivity index (χ1n) is 9.22. The van der Waals surface area contributed by atoms with E-state index in [1.807, 2.05) is 6.92 Å². The normalized spacial score (nSPS) is 19.4. The molecule has 0 aliphatic carbocycles. The lowest BCUT2D eigenvalue weighted by Gasteiger charge is -2.42. The van der Waals surface area contributed by atoms with Crippen molar-refractivity contribution in [1.29, 1.82) is 0 Å². The van der Waals surface area contributed by atoms with Crippen LogP contribution >= 0.6 is 0 Å². The molecule has 2 aliphatic heterocycles. The predicted molar refractivity (Wildman–Crippen MR) is 99.5 cm³/mol. The number of ether oxygens (including phenoxy) is 1. The standard InChI is InChI=1S/C14H27N3O4S.C2H2O4/c1-3-21-14(18)16-7-5-13(6-8-16)15-9-11-17(12-10-15)22(19,20)4-2;3-1(4)2(5)6/h13H,3-12H2,1-2H3;(H,3,4)(H,5,6). The Labute approximate surface area is 164 Å². The molecule has 0 atom stereocenters. The zero-order valence-electron chi connectivity index (χ0n) is 16.2. The second kappa shape index (κ2) is 11.2. The minimum absolute atomic E-state index is 0.172. The maximum absolute atomic E-state index is 11.9. The van der Waals surface area contributed by atoms with Gasteiger partial charge in [0.15, 0.2) is 0 Å². The highest BCUT2D eigenvalue weighted by molar-refractivity contribution is 7.89. The number of carboxylic acid groups (broad SMARTS) is 2. The number of carbonyl (C=O) groups excluding carboxylic acids is 1. The molecule has 0 aromatic carbocycles. The lowest BCUT2D eigenvalue weighted by Crippen LogP contribution is -2.54. The molecule has 162 valence electrons. The second-order valence-corrected chi connectivity index (χ2v) is 8.62. The highest BCUT2D eigenvalue weighted by atomic mass is 32.2. The first kappa shape index (κ1) is 24.1. The lowest BCUT2D eigenvalue weighted by molar-refractivity contribution is -0.159. The fraction of sp³-hybridized carbons (Fsp3) is 0.812. The zero-order valence-corrected chi connectivity index (χ0v) is 17.1. The number of piperidine rings is 1. The lowest BCUT2D eigenvalue weighted by atomic mass is 10.0. The van der Waals surface area contributed by atoms with Gasteiger partial charge in [0, 0.05) is 45.3 Å². The summed E-state index contributed by atoms with van der Waals surface area (Å²) in [6.45, 7) is 8.07. The van der Waals surface area contributed by atoms with Crippen molar-refractivity contribution in [1.82, 2.24) is 14.1 Å². The Morgan fingerprint density at radius 2 is 1.43 bits per heavy atom. The number of aliphatic carboxylic acids is 2. The van der Waals surface area contributed by atoms with E-state index in [2.05, 4.69) is 4.90 Å². The van der Waals surface area contributed by atoms with Gasteiger partial charge in [0.1, 0.15) is 0 Å². The van der Waals surface area contributed by atoms with E-state index in [1.54, 1.807) is 16.1 Å². The van der Waals surface area contributed by atoms with Gasteiger partial charge in [-0.05, 0) is 26.7 Å². The molecule has 2 saturated heterocycles. The molecular formula is C16H29N3O8S. The van der Waals surface area contributed by atoms with Crippen molar-refractivity contribution in [2.45, 2.75) is 32.7 Å². The highest BCUT2D eigenvalue weighted by Crippen LogP contribution is 2.19. The number of hydrogen-bond donors (Lipinski definition) is 2. The van der Waals surface area contributed by atoms with E-state index < -0.39 is 22.0 Å². The Morgan fingerprint density at radius 1 is 0.929 bits per heavy atom. The summed E-state index contributed by atoms with van der Waals surface area (Å²) >= 11 is 0.